The predicted molar refractivity (Wildman–Crippen MR) is 89.4 cm³/mol. The largest absolute Gasteiger partial charge is 0.481 e. The van der Waals surface area contributed by atoms with Crippen molar-refractivity contribution in [2.24, 2.45) is 11.8 Å². The zero-order valence-corrected chi connectivity index (χ0v) is 14.3. The van der Waals surface area contributed by atoms with E-state index in [1.165, 1.54) is 0 Å². The molecule has 2 aliphatic rings. The lowest BCUT2D eigenvalue weighted by atomic mass is 9.91. The topological polar surface area (TPSA) is 98.7 Å². The van der Waals surface area contributed by atoms with Crippen molar-refractivity contribution >= 4 is 17.8 Å². The zero-order chi connectivity index (χ0) is 17.4. The highest BCUT2D eigenvalue weighted by Gasteiger charge is 2.27. The van der Waals surface area contributed by atoms with Gasteiger partial charge in [0.15, 0.2) is 0 Å². The summed E-state index contributed by atoms with van der Waals surface area (Å²) in [4.78, 5) is 36.7. The Balaban J connectivity index is 1.71. The number of rotatable bonds is 7. The van der Waals surface area contributed by atoms with E-state index in [1.54, 1.807) is 0 Å². The molecule has 24 heavy (non-hydrogen) atoms. The van der Waals surface area contributed by atoms with Crippen LogP contribution in [0.1, 0.15) is 44.9 Å². The van der Waals surface area contributed by atoms with Crippen molar-refractivity contribution in [1.29, 1.82) is 0 Å². The quantitative estimate of drug-likeness (QED) is 0.631. The maximum absolute atomic E-state index is 12.5. The molecule has 7 nitrogen and oxygen atoms in total. The summed E-state index contributed by atoms with van der Waals surface area (Å²) >= 11 is 0. The van der Waals surface area contributed by atoms with Crippen LogP contribution >= 0.6 is 0 Å². The van der Waals surface area contributed by atoms with Gasteiger partial charge in [0.1, 0.15) is 0 Å². The van der Waals surface area contributed by atoms with Crippen molar-refractivity contribution in [3.63, 3.8) is 0 Å². The summed E-state index contributed by atoms with van der Waals surface area (Å²) in [5, 5.41) is 14.5. The van der Waals surface area contributed by atoms with Gasteiger partial charge < -0.3 is 20.6 Å². The second-order valence-corrected chi connectivity index (χ2v) is 6.94. The van der Waals surface area contributed by atoms with Gasteiger partial charge in [-0.05, 0) is 50.6 Å². The Labute approximate surface area is 143 Å². The molecule has 2 aliphatic heterocycles. The number of amides is 2. The van der Waals surface area contributed by atoms with Crippen LogP contribution in [0.25, 0.3) is 0 Å². The van der Waals surface area contributed by atoms with Crippen LogP contribution in [0.2, 0.25) is 0 Å². The van der Waals surface area contributed by atoms with E-state index in [-0.39, 0.29) is 30.7 Å². The number of likely N-dealkylation sites (tertiary alicyclic amines) is 1. The fourth-order valence-corrected chi connectivity index (χ4v) is 3.56. The number of piperidine rings is 2. The summed E-state index contributed by atoms with van der Waals surface area (Å²) in [5.41, 5.74) is 0. The van der Waals surface area contributed by atoms with Gasteiger partial charge in [-0.25, -0.2) is 0 Å². The average molecular weight is 339 g/mol. The molecule has 1 atom stereocenters. The molecule has 0 aromatic rings. The first kappa shape index (κ1) is 18.7. The molecule has 0 aromatic carbocycles. The molecule has 0 aliphatic carbocycles. The second kappa shape index (κ2) is 9.61. The normalized spacial score (nSPS) is 22.2. The highest BCUT2D eigenvalue weighted by Crippen LogP contribution is 2.23. The number of hydrogen-bond donors (Lipinski definition) is 3. The van der Waals surface area contributed by atoms with Crippen LogP contribution in [0.5, 0.6) is 0 Å². The van der Waals surface area contributed by atoms with Gasteiger partial charge >= 0.3 is 5.97 Å². The first-order valence-electron chi connectivity index (χ1n) is 9.01. The van der Waals surface area contributed by atoms with Crippen LogP contribution < -0.4 is 10.6 Å². The van der Waals surface area contributed by atoms with Crippen molar-refractivity contribution in [1.82, 2.24) is 15.5 Å². The molecule has 2 saturated heterocycles. The summed E-state index contributed by atoms with van der Waals surface area (Å²) < 4.78 is 0. The minimum Gasteiger partial charge on any atom is -0.481 e. The van der Waals surface area contributed by atoms with Crippen LogP contribution in [-0.2, 0) is 14.4 Å². The Morgan fingerprint density at radius 3 is 2.54 bits per heavy atom. The predicted octanol–water partition coefficient (Wildman–Crippen LogP) is 0.596. The number of aliphatic carboxylic acids is 1. The minimum absolute atomic E-state index is 0.0583. The van der Waals surface area contributed by atoms with Crippen molar-refractivity contribution in [3.05, 3.63) is 0 Å². The van der Waals surface area contributed by atoms with Gasteiger partial charge in [-0.15, -0.1) is 0 Å². The fraction of sp³-hybridized carbons (Fsp3) is 0.824. The van der Waals surface area contributed by atoms with Gasteiger partial charge in [0.05, 0.1) is 6.42 Å². The molecular formula is C17H29N3O4. The molecule has 0 spiro atoms. The number of carbonyl (C=O) groups excluding carboxylic acids is 2. The Kier molecular flexibility index (Phi) is 7.49. The Morgan fingerprint density at radius 2 is 1.83 bits per heavy atom. The number of carboxylic acid groups (broad SMARTS) is 1. The molecule has 0 saturated carbocycles. The van der Waals surface area contributed by atoms with Gasteiger partial charge in [-0.1, -0.05) is 0 Å². The third-order valence-corrected chi connectivity index (χ3v) is 4.93. The first-order chi connectivity index (χ1) is 11.5. The highest BCUT2D eigenvalue weighted by atomic mass is 16.4. The molecule has 2 rings (SSSR count). The van der Waals surface area contributed by atoms with Gasteiger partial charge in [-0.3, -0.25) is 14.4 Å². The third-order valence-electron chi connectivity index (χ3n) is 4.93. The van der Waals surface area contributed by atoms with E-state index in [1.807, 2.05) is 4.90 Å². The van der Waals surface area contributed by atoms with Crippen LogP contribution in [-0.4, -0.2) is 60.5 Å². The fourth-order valence-electron chi connectivity index (χ4n) is 3.56. The lowest BCUT2D eigenvalue weighted by Crippen LogP contribution is -2.42. The number of nitrogens with one attached hydrogen (secondary N) is 2. The summed E-state index contributed by atoms with van der Waals surface area (Å²) in [6, 6.07) is 0. The summed E-state index contributed by atoms with van der Waals surface area (Å²) in [5.74, 6) is -0.145. The second-order valence-electron chi connectivity index (χ2n) is 6.94. The van der Waals surface area contributed by atoms with E-state index >= 15 is 0 Å². The Hall–Kier alpha value is -1.63. The van der Waals surface area contributed by atoms with Crippen LogP contribution in [0.15, 0.2) is 0 Å². The van der Waals surface area contributed by atoms with Crippen LogP contribution in [0.3, 0.4) is 0 Å². The smallest absolute Gasteiger partial charge is 0.305 e. The van der Waals surface area contributed by atoms with E-state index in [0.717, 1.165) is 45.3 Å². The Morgan fingerprint density at radius 1 is 1.08 bits per heavy atom. The van der Waals surface area contributed by atoms with Crippen molar-refractivity contribution in [2.45, 2.75) is 44.9 Å². The lowest BCUT2D eigenvalue weighted by Gasteiger charge is -2.34. The molecule has 2 amide bonds. The van der Waals surface area contributed by atoms with Crippen molar-refractivity contribution in [3.8, 4) is 0 Å². The number of carbonyl (C=O) groups is 3. The van der Waals surface area contributed by atoms with Crippen LogP contribution in [0.4, 0.5) is 0 Å². The molecule has 7 heteroatoms. The zero-order valence-electron chi connectivity index (χ0n) is 14.3. The Bertz CT molecular complexity index is 449. The molecule has 2 fully saturated rings. The number of carboxylic acids is 1. The SMILES string of the molecule is O=C(O)CCNC(=O)CC1CCCN(C(=O)CC2CCNCC2)C1. The summed E-state index contributed by atoms with van der Waals surface area (Å²) in [6.45, 7) is 3.60. The van der Waals surface area contributed by atoms with Gasteiger partial charge in [0.25, 0.3) is 0 Å². The summed E-state index contributed by atoms with van der Waals surface area (Å²) in [6.07, 6.45) is 4.95. The molecule has 1 unspecified atom stereocenters. The van der Waals surface area contributed by atoms with Crippen LogP contribution in [0, 0.1) is 11.8 Å². The third kappa shape index (κ3) is 6.47. The highest BCUT2D eigenvalue weighted by molar-refractivity contribution is 5.78. The van der Waals surface area contributed by atoms with E-state index in [0.29, 0.717) is 25.3 Å². The van der Waals surface area contributed by atoms with Crippen molar-refractivity contribution < 1.29 is 19.5 Å². The molecule has 0 aromatic heterocycles. The minimum atomic E-state index is -0.914. The molecule has 3 N–H and O–H groups in total. The molecule has 0 bridgehead atoms. The van der Waals surface area contributed by atoms with Gasteiger partial charge in [0, 0.05) is 32.5 Å². The molecular weight excluding hydrogens is 310 g/mol. The maximum atomic E-state index is 12.5. The lowest BCUT2D eigenvalue weighted by molar-refractivity contribution is -0.137. The monoisotopic (exact) mass is 339 g/mol. The van der Waals surface area contributed by atoms with E-state index in [9.17, 15) is 14.4 Å². The summed E-state index contributed by atoms with van der Waals surface area (Å²) in [7, 11) is 0. The molecule has 0 radical (unpaired) electrons. The standard InChI is InChI=1S/C17H29N3O4/c21-15(19-8-5-17(23)24)10-14-2-1-9-20(12-14)16(22)11-13-3-6-18-7-4-13/h13-14,18H,1-12H2,(H,19,21)(H,23,24). The average Bonchev–Trinajstić information content (AvgIpc) is 2.55. The molecule has 2 heterocycles. The first-order valence-corrected chi connectivity index (χ1v) is 9.01. The van der Waals surface area contributed by atoms with Gasteiger partial charge in [-0.2, -0.15) is 0 Å². The number of nitrogens with zero attached hydrogens (tertiary/aromatic N) is 1. The van der Waals surface area contributed by atoms with E-state index in [4.69, 9.17) is 5.11 Å². The van der Waals surface area contributed by atoms with E-state index in [2.05, 4.69) is 10.6 Å². The van der Waals surface area contributed by atoms with E-state index < -0.39 is 5.97 Å². The number of hydrogen-bond acceptors (Lipinski definition) is 4. The maximum Gasteiger partial charge on any atom is 0.305 e. The molecule has 136 valence electrons. The van der Waals surface area contributed by atoms with Crippen molar-refractivity contribution in [2.75, 3.05) is 32.7 Å². The van der Waals surface area contributed by atoms with Gasteiger partial charge in [0.2, 0.25) is 11.8 Å².